The van der Waals surface area contributed by atoms with E-state index in [1.807, 2.05) is 0 Å². The minimum atomic E-state index is -1.35. The normalized spacial score (nSPS) is 33.1. The molecule has 5 atom stereocenters. The van der Waals surface area contributed by atoms with Gasteiger partial charge in [-0.3, -0.25) is 0 Å². The van der Waals surface area contributed by atoms with Crippen LogP contribution in [-0.2, 0) is 39.7 Å². The summed E-state index contributed by atoms with van der Waals surface area (Å²) in [6.07, 6.45) is -0.459. The molecule has 1 aliphatic rings. The van der Waals surface area contributed by atoms with Crippen molar-refractivity contribution in [2.75, 3.05) is 25.1 Å². The summed E-state index contributed by atoms with van der Waals surface area (Å²) in [7, 11) is 0.137. The first kappa shape index (κ1) is 23.6. The quantitative estimate of drug-likeness (QED) is 0.233. The first-order valence-corrected chi connectivity index (χ1v) is 9.31. The van der Waals surface area contributed by atoms with Crippen molar-refractivity contribution in [2.24, 2.45) is 0 Å². The van der Waals surface area contributed by atoms with E-state index in [1.54, 1.807) is 0 Å². The van der Waals surface area contributed by atoms with E-state index in [4.69, 9.17) is 20.1 Å². The molecule has 1 heterocycles. The molecule has 0 spiro atoms. The van der Waals surface area contributed by atoms with Crippen molar-refractivity contribution < 1.29 is 47.5 Å². The summed E-state index contributed by atoms with van der Waals surface area (Å²) in [5, 5.41) is 36.1. The Bertz CT molecular complexity index is 226. The van der Waals surface area contributed by atoms with E-state index >= 15 is 0 Å². The van der Waals surface area contributed by atoms with Gasteiger partial charge in [-0.05, 0) is 34.1 Å². The molecule has 8 heteroatoms. The topological polar surface area (TPSA) is 90.2 Å². The van der Waals surface area contributed by atoms with Gasteiger partial charge in [0.15, 0.2) is 0 Å². The molecule has 5 nitrogen and oxygen atoms in total. The van der Waals surface area contributed by atoms with Crippen LogP contribution in [-0.4, -0.2) is 75.4 Å². The maximum absolute atomic E-state index is 9.18. The number of aliphatic hydroxyl groups excluding tert-OH is 4. The molecule has 0 aromatic carbocycles. The monoisotopic (exact) mass is 511 g/mol. The van der Waals surface area contributed by atoms with Crippen LogP contribution >= 0.6 is 7.92 Å². The third kappa shape index (κ3) is 7.54. The molecular formula is C12H27AuO5PS+. The Morgan fingerprint density at radius 3 is 1.70 bits per heavy atom. The molecule has 126 valence electrons. The molecule has 20 heavy (non-hydrogen) atoms. The minimum absolute atomic E-state index is 0. The molecule has 2 unspecified atom stereocenters. The van der Waals surface area contributed by atoms with Gasteiger partial charge in [-0.15, -0.1) is 0 Å². The number of ether oxygens (including phenoxy) is 1. The van der Waals surface area contributed by atoms with E-state index in [9.17, 15) is 5.11 Å². The number of hydrogen-bond donors (Lipinski definition) is 4. The summed E-state index contributed by atoms with van der Waals surface area (Å²) in [4.78, 5) is 0. The first-order chi connectivity index (χ1) is 8.92. The Labute approximate surface area is 143 Å². The zero-order valence-corrected chi connectivity index (χ0v) is 16.1. The van der Waals surface area contributed by atoms with Gasteiger partial charge in [0.2, 0.25) is 0 Å². The number of aliphatic hydroxyl groups is 4. The van der Waals surface area contributed by atoms with Crippen LogP contribution in [0.25, 0.3) is 0 Å². The fourth-order valence-corrected chi connectivity index (χ4v) is 3.62. The number of rotatable bonds is 4. The summed E-state index contributed by atoms with van der Waals surface area (Å²) in [5.41, 5.74) is -0.986. The van der Waals surface area contributed by atoms with Gasteiger partial charge in [-0.25, -0.2) is 0 Å². The van der Waals surface area contributed by atoms with Crippen LogP contribution in [0.5, 0.6) is 0 Å². The second-order valence-corrected chi connectivity index (χ2v) is 8.59. The summed E-state index contributed by atoms with van der Waals surface area (Å²) in [5.74, 6) is 0. The molecule has 1 fully saturated rings. The summed E-state index contributed by atoms with van der Waals surface area (Å²) < 4.78 is 4.84. The van der Waals surface area contributed by atoms with E-state index in [2.05, 4.69) is 33.4 Å². The molecule has 0 amide bonds. The standard InChI is InChI=1S/C6H12O5S.C6H15P.Au/c7-1-2-3(8)4(9)5(10)6(12)11-2;1-4-7(5-2)6-3;/h2-10,12H,1H2;4-6H2,1-3H3;/q;;+1/t2?,3-,4-,5?,6+;;/m0../s1. The smallest absolute Gasteiger partial charge is 0.759 e. The Hall–Kier alpha value is 1.32. The molecule has 4 N–H and O–H groups in total. The van der Waals surface area contributed by atoms with Crippen LogP contribution in [0, 0.1) is 0 Å². The van der Waals surface area contributed by atoms with Gasteiger partial charge in [-0.2, -0.15) is 0 Å². The molecule has 1 saturated heterocycles. The average Bonchev–Trinajstić information content (AvgIpc) is 2.43. The molecular weight excluding hydrogens is 484 g/mol. The van der Waals surface area contributed by atoms with Crippen LogP contribution in [0.4, 0.5) is 0 Å². The van der Waals surface area contributed by atoms with Gasteiger partial charge in [0, 0.05) is 0 Å². The molecule has 0 aromatic rings. The molecule has 0 saturated carbocycles. The zero-order chi connectivity index (χ0) is 15.0. The third-order valence-electron chi connectivity index (χ3n) is 3.35. The Morgan fingerprint density at radius 1 is 0.950 bits per heavy atom. The second kappa shape index (κ2) is 12.8. The van der Waals surface area contributed by atoms with Crippen molar-refractivity contribution in [2.45, 2.75) is 50.6 Å². The van der Waals surface area contributed by atoms with E-state index in [0.717, 1.165) is 0 Å². The summed E-state index contributed by atoms with van der Waals surface area (Å²) >= 11 is 4.63. The molecule has 1 aliphatic heterocycles. The van der Waals surface area contributed by atoms with Gasteiger partial charge >= 0.3 is 22.4 Å². The van der Waals surface area contributed by atoms with Crippen LogP contribution in [0.15, 0.2) is 0 Å². The maximum atomic E-state index is 9.18. The van der Waals surface area contributed by atoms with Gasteiger partial charge in [0.1, 0.15) is 18.3 Å². The second-order valence-electron chi connectivity index (χ2n) is 4.51. The third-order valence-corrected chi connectivity index (χ3v) is 6.74. The summed E-state index contributed by atoms with van der Waals surface area (Å²) in [6, 6.07) is 0. The Kier molecular flexibility index (Phi) is 15.1. The van der Waals surface area contributed by atoms with Crippen LogP contribution in [0.2, 0.25) is 0 Å². The van der Waals surface area contributed by atoms with Crippen molar-refractivity contribution >= 4 is 20.6 Å². The predicted molar refractivity (Wildman–Crippen MR) is 81.1 cm³/mol. The van der Waals surface area contributed by atoms with Crippen LogP contribution in [0.1, 0.15) is 20.8 Å². The van der Waals surface area contributed by atoms with E-state index in [-0.39, 0.29) is 30.3 Å². The van der Waals surface area contributed by atoms with E-state index in [0.29, 0.717) is 0 Å². The molecule has 0 aliphatic carbocycles. The zero-order valence-electron chi connectivity index (χ0n) is 12.1. The molecule has 1 rings (SSSR count). The predicted octanol–water partition coefficient (Wildman–Crippen LogP) is -0.409. The van der Waals surface area contributed by atoms with Crippen molar-refractivity contribution in [3.8, 4) is 0 Å². The molecule has 0 bridgehead atoms. The van der Waals surface area contributed by atoms with Crippen LogP contribution in [0.3, 0.4) is 0 Å². The van der Waals surface area contributed by atoms with E-state index in [1.165, 1.54) is 18.5 Å². The summed E-state index contributed by atoms with van der Waals surface area (Å²) in [6.45, 7) is 6.49. The van der Waals surface area contributed by atoms with E-state index < -0.39 is 36.5 Å². The van der Waals surface area contributed by atoms with Crippen LogP contribution < -0.4 is 0 Å². The van der Waals surface area contributed by atoms with Gasteiger partial charge in [0.05, 0.1) is 31.2 Å². The first-order valence-electron chi connectivity index (χ1n) is 6.72. The van der Waals surface area contributed by atoms with Gasteiger partial charge < -0.3 is 37.8 Å². The van der Waals surface area contributed by atoms with Crippen molar-refractivity contribution in [1.82, 2.24) is 0 Å². The van der Waals surface area contributed by atoms with Crippen molar-refractivity contribution in [3.63, 3.8) is 0 Å². The van der Waals surface area contributed by atoms with Crippen molar-refractivity contribution in [1.29, 1.82) is 0 Å². The number of hydrogen-bond acceptors (Lipinski definition) is 6. The molecule has 0 aromatic heterocycles. The van der Waals surface area contributed by atoms with Gasteiger partial charge in [-0.1, -0.05) is 0 Å². The Balaban J connectivity index is 0. The largest absolute Gasteiger partial charge is 1.00 e. The maximum Gasteiger partial charge on any atom is 1.00 e. The van der Waals surface area contributed by atoms with Crippen molar-refractivity contribution in [3.05, 3.63) is 0 Å². The minimum Gasteiger partial charge on any atom is -0.759 e. The fraction of sp³-hybridized carbons (Fsp3) is 1.00. The Morgan fingerprint density at radius 2 is 1.40 bits per heavy atom. The molecule has 0 radical (unpaired) electrons. The average molecular weight is 511 g/mol. The SMILES string of the molecule is CC[PH+](CC)CC.OCC1O[C@H]([S-])C(O)[C@@H](O)[C@H]1O.[Au+]. The fourth-order valence-electron chi connectivity index (χ4n) is 1.82. The van der Waals surface area contributed by atoms with Gasteiger partial charge in [0.25, 0.3) is 0 Å².